The molecule has 0 N–H and O–H groups in total. The molecule has 3 heterocycles. The lowest BCUT2D eigenvalue weighted by molar-refractivity contribution is 0.0852. The summed E-state index contributed by atoms with van der Waals surface area (Å²) in [5.41, 5.74) is 0.594. The third kappa shape index (κ3) is 4.23. The average Bonchev–Trinajstić information content (AvgIpc) is 3.37. The molecule has 0 fully saturated rings. The van der Waals surface area contributed by atoms with Gasteiger partial charge in [0.1, 0.15) is 6.61 Å². The van der Waals surface area contributed by atoms with Crippen LogP contribution >= 0.6 is 11.3 Å². The molecule has 1 aliphatic rings. The molecule has 2 aromatic carbocycles. The zero-order valence-corrected chi connectivity index (χ0v) is 19.3. The summed E-state index contributed by atoms with van der Waals surface area (Å²) in [5.74, 6) is 3.45. The van der Waals surface area contributed by atoms with Gasteiger partial charge >= 0.3 is 0 Å². The van der Waals surface area contributed by atoms with Crippen molar-refractivity contribution in [3.63, 3.8) is 0 Å². The van der Waals surface area contributed by atoms with Gasteiger partial charge in [0, 0.05) is 0 Å². The number of para-hydroxylation sites is 2. The molecule has 2 aromatic heterocycles. The quantitative estimate of drug-likeness (QED) is 0.432. The van der Waals surface area contributed by atoms with E-state index in [1.165, 1.54) is 15.9 Å². The van der Waals surface area contributed by atoms with Crippen LogP contribution in [0.4, 0.5) is 0 Å². The summed E-state index contributed by atoms with van der Waals surface area (Å²) in [7, 11) is 1.60. The van der Waals surface area contributed by atoms with E-state index in [9.17, 15) is 4.79 Å². The second kappa shape index (κ2) is 8.74. The fourth-order valence-corrected chi connectivity index (χ4v) is 4.35. The van der Waals surface area contributed by atoms with Crippen molar-refractivity contribution in [3.05, 3.63) is 68.7 Å². The molecule has 9 heteroatoms. The van der Waals surface area contributed by atoms with Gasteiger partial charge in [-0.3, -0.25) is 4.79 Å². The molecule has 0 aliphatic carbocycles. The maximum absolute atomic E-state index is 12.9. The Bertz CT molecular complexity index is 1410. The molecule has 4 aromatic rings. The van der Waals surface area contributed by atoms with Crippen LogP contribution in [0.3, 0.4) is 0 Å². The molecule has 8 nitrogen and oxygen atoms in total. The number of fused-ring (bicyclic) bond motifs is 2. The number of benzene rings is 2. The Kier molecular flexibility index (Phi) is 5.63. The second-order valence-electron chi connectivity index (χ2n) is 8.06. The van der Waals surface area contributed by atoms with Crippen LogP contribution in [-0.2, 0) is 0 Å². The van der Waals surface area contributed by atoms with Crippen molar-refractivity contribution in [2.75, 3.05) is 20.3 Å². The zero-order chi connectivity index (χ0) is 22.9. The van der Waals surface area contributed by atoms with E-state index in [0.717, 1.165) is 5.56 Å². The normalized spacial score (nSPS) is 15.9. The van der Waals surface area contributed by atoms with Crippen molar-refractivity contribution in [1.29, 1.82) is 0 Å². The molecule has 0 radical (unpaired) electrons. The summed E-state index contributed by atoms with van der Waals surface area (Å²) in [4.78, 5) is 18.0. The molecule has 1 unspecified atom stereocenters. The highest BCUT2D eigenvalue weighted by Gasteiger charge is 2.27. The van der Waals surface area contributed by atoms with Gasteiger partial charge in [-0.25, -0.2) is 0 Å². The van der Waals surface area contributed by atoms with Gasteiger partial charge in [0.2, 0.25) is 4.96 Å². The summed E-state index contributed by atoms with van der Waals surface area (Å²) in [6, 6.07) is 13.0. The maximum atomic E-state index is 12.9. The Labute approximate surface area is 194 Å². The lowest BCUT2D eigenvalue weighted by Crippen LogP contribution is -2.26. The zero-order valence-electron chi connectivity index (χ0n) is 18.5. The van der Waals surface area contributed by atoms with Crippen LogP contribution in [0.5, 0.6) is 23.0 Å². The largest absolute Gasteiger partial charge is 0.493 e. The predicted octanol–water partition coefficient (Wildman–Crippen LogP) is 3.25. The lowest BCUT2D eigenvalue weighted by atomic mass is 10.2. The molecule has 0 saturated carbocycles. The predicted molar refractivity (Wildman–Crippen MR) is 125 cm³/mol. The summed E-state index contributed by atoms with van der Waals surface area (Å²) >= 11 is 1.27. The number of aromatic nitrogens is 3. The van der Waals surface area contributed by atoms with E-state index in [-0.39, 0.29) is 12.2 Å². The number of hydrogen-bond donors (Lipinski definition) is 0. The van der Waals surface area contributed by atoms with Crippen molar-refractivity contribution in [1.82, 2.24) is 14.6 Å². The fourth-order valence-electron chi connectivity index (χ4n) is 3.43. The summed E-state index contributed by atoms with van der Waals surface area (Å²) in [5, 5.41) is 4.39. The Hall–Kier alpha value is -3.59. The molecule has 5 rings (SSSR count). The van der Waals surface area contributed by atoms with E-state index in [1.54, 1.807) is 13.2 Å². The number of thiazole rings is 1. The van der Waals surface area contributed by atoms with Crippen molar-refractivity contribution in [2.24, 2.45) is 5.92 Å². The Balaban J connectivity index is 1.42. The van der Waals surface area contributed by atoms with E-state index < -0.39 is 6.10 Å². The highest BCUT2D eigenvalue weighted by Crippen LogP contribution is 2.35. The molecule has 0 bridgehead atoms. The van der Waals surface area contributed by atoms with Gasteiger partial charge in [-0.15, -0.1) is 5.10 Å². The van der Waals surface area contributed by atoms with Crippen molar-refractivity contribution in [3.8, 4) is 23.0 Å². The summed E-state index contributed by atoms with van der Waals surface area (Å²) in [6.07, 6.45) is 1.33. The minimum absolute atomic E-state index is 0.232. The first-order chi connectivity index (χ1) is 16.0. The summed E-state index contributed by atoms with van der Waals surface area (Å²) in [6.45, 7) is 5.06. The Morgan fingerprint density at radius 1 is 1.21 bits per heavy atom. The number of hydrogen-bond acceptors (Lipinski definition) is 8. The highest BCUT2D eigenvalue weighted by molar-refractivity contribution is 7.15. The van der Waals surface area contributed by atoms with E-state index in [2.05, 4.69) is 23.9 Å². The third-order valence-electron chi connectivity index (χ3n) is 5.05. The van der Waals surface area contributed by atoms with Crippen LogP contribution in [0, 0.1) is 5.92 Å². The fraction of sp³-hybridized carbons (Fsp3) is 0.292. The van der Waals surface area contributed by atoms with E-state index in [4.69, 9.17) is 18.9 Å². The maximum Gasteiger partial charge on any atom is 0.291 e. The number of ether oxygens (including phenoxy) is 4. The van der Waals surface area contributed by atoms with Gasteiger partial charge in [-0.05, 0) is 41.8 Å². The monoisotopic (exact) mass is 465 g/mol. The molecule has 1 atom stereocenters. The van der Waals surface area contributed by atoms with Gasteiger partial charge in [-0.1, -0.05) is 43.4 Å². The van der Waals surface area contributed by atoms with Crippen molar-refractivity contribution < 1.29 is 18.9 Å². The minimum Gasteiger partial charge on any atom is -0.493 e. The first-order valence-electron chi connectivity index (χ1n) is 10.6. The standard InChI is InChI=1S/C24H23N3O5S/c1-14(2)12-30-17-9-8-15(10-19(17)29-3)11-21-23(28)27-24(33-21)25-22(26-27)20-13-31-16-6-4-5-7-18(16)32-20/h4-11,14,20H,12-13H2,1-3H3/b21-11-. The van der Waals surface area contributed by atoms with Gasteiger partial charge in [0.05, 0.1) is 18.2 Å². The average molecular weight is 466 g/mol. The van der Waals surface area contributed by atoms with Crippen LogP contribution < -0.4 is 29.0 Å². The topological polar surface area (TPSA) is 84.2 Å². The van der Waals surface area contributed by atoms with E-state index >= 15 is 0 Å². The number of nitrogens with zero attached hydrogens (tertiary/aromatic N) is 3. The first kappa shape index (κ1) is 21.3. The second-order valence-corrected chi connectivity index (χ2v) is 9.07. The Morgan fingerprint density at radius 2 is 2.03 bits per heavy atom. The van der Waals surface area contributed by atoms with Gasteiger partial charge in [-0.2, -0.15) is 9.50 Å². The smallest absolute Gasteiger partial charge is 0.291 e. The molecule has 1 aliphatic heterocycles. The van der Waals surface area contributed by atoms with Crippen LogP contribution in [0.2, 0.25) is 0 Å². The van der Waals surface area contributed by atoms with Crippen LogP contribution in [0.1, 0.15) is 31.3 Å². The van der Waals surface area contributed by atoms with Crippen molar-refractivity contribution >= 4 is 22.4 Å². The molecule has 0 amide bonds. The van der Waals surface area contributed by atoms with Gasteiger partial charge in [0.15, 0.2) is 34.9 Å². The van der Waals surface area contributed by atoms with Gasteiger partial charge < -0.3 is 18.9 Å². The van der Waals surface area contributed by atoms with E-state index in [1.807, 2.05) is 42.5 Å². The van der Waals surface area contributed by atoms with Crippen LogP contribution in [0.15, 0.2) is 47.3 Å². The lowest BCUT2D eigenvalue weighted by Gasteiger charge is -2.24. The number of rotatable bonds is 6. The van der Waals surface area contributed by atoms with E-state index in [0.29, 0.717) is 50.8 Å². The molecule has 0 saturated heterocycles. The SMILES string of the molecule is COc1cc(/C=c2\sc3nc(C4COc5ccccc5O4)nn3c2=O)ccc1OCC(C)C. The molecular formula is C24H23N3O5S. The molecule has 0 spiro atoms. The van der Waals surface area contributed by atoms with Crippen molar-refractivity contribution in [2.45, 2.75) is 20.0 Å². The molecule has 33 heavy (non-hydrogen) atoms. The number of methoxy groups -OCH3 is 1. The Morgan fingerprint density at radius 3 is 2.79 bits per heavy atom. The summed E-state index contributed by atoms with van der Waals surface area (Å²) < 4.78 is 24.8. The third-order valence-corrected chi connectivity index (χ3v) is 6.01. The first-order valence-corrected chi connectivity index (χ1v) is 11.4. The van der Waals surface area contributed by atoms with Gasteiger partial charge in [0.25, 0.3) is 5.56 Å². The van der Waals surface area contributed by atoms with Crippen LogP contribution in [-0.4, -0.2) is 34.9 Å². The highest BCUT2D eigenvalue weighted by atomic mass is 32.1. The molecule has 170 valence electrons. The molecular weight excluding hydrogens is 442 g/mol. The van der Waals surface area contributed by atoms with Crippen LogP contribution in [0.25, 0.3) is 11.0 Å². The minimum atomic E-state index is -0.471.